The topological polar surface area (TPSA) is 116 Å². The molecule has 0 aliphatic rings. The van der Waals surface area contributed by atoms with Crippen LogP contribution in [0.4, 0.5) is 5.69 Å². The number of hydrogen-bond acceptors (Lipinski definition) is 7. The fraction of sp³-hybridized carbons (Fsp3) is 0.188. The molecule has 1 N–H and O–H groups in total. The maximum Gasteiger partial charge on any atom is 0.321 e. The number of carbonyl (C=O) groups is 1. The lowest BCUT2D eigenvalue weighted by molar-refractivity contribution is -0.387. The zero-order chi connectivity index (χ0) is 19.2. The monoisotopic (exact) mass is 396 g/mol. The van der Waals surface area contributed by atoms with E-state index in [0.717, 1.165) is 23.4 Å². The second-order valence-corrected chi connectivity index (χ2v) is 7.68. The number of carbonyl (C=O) groups excluding carboxylic acids is 1. The minimum Gasteiger partial charge on any atom is -0.460 e. The summed E-state index contributed by atoms with van der Waals surface area (Å²) in [6, 6.07) is 12.5. The summed E-state index contributed by atoms with van der Waals surface area (Å²) < 4.78 is 31.5. The predicted molar refractivity (Wildman–Crippen MR) is 96.3 cm³/mol. The molecule has 138 valence electrons. The van der Waals surface area contributed by atoms with E-state index in [-0.39, 0.29) is 17.2 Å². The van der Waals surface area contributed by atoms with Gasteiger partial charge < -0.3 is 4.74 Å². The SMILES string of the molecule is CSc1ccc(S(=O)(=O)NCC(=O)OCc2ccccc2)cc1[N+](=O)[O-]. The van der Waals surface area contributed by atoms with Gasteiger partial charge in [0.15, 0.2) is 0 Å². The summed E-state index contributed by atoms with van der Waals surface area (Å²) in [7, 11) is -4.08. The molecule has 0 aromatic heterocycles. The van der Waals surface area contributed by atoms with Gasteiger partial charge in [-0.2, -0.15) is 4.72 Å². The summed E-state index contributed by atoms with van der Waals surface area (Å²) in [4.78, 5) is 22.2. The molecule has 0 amide bonds. The molecule has 0 radical (unpaired) electrons. The number of esters is 1. The van der Waals surface area contributed by atoms with Crippen molar-refractivity contribution in [1.82, 2.24) is 4.72 Å². The first-order chi connectivity index (χ1) is 12.3. The largest absolute Gasteiger partial charge is 0.460 e. The van der Waals surface area contributed by atoms with E-state index >= 15 is 0 Å². The molecule has 0 atom stereocenters. The van der Waals surface area contributed by atoms with Crippen molar-refractivity contribution >= 4 is 33.4 Å². The molecule has 2 rings (SSSR count). The van der Waals surface area contributed by atoms with Gasteiger partial charge in [-0.15, -0.1) is 11.8 Å². The van der Waals surface area contributed by atoms with E-state index in [9.17, 15) is 23.3 Å². The number of ether oxygens (including phenoxy) is 1. The van der Waals surface area contributed by atoms with Gasteiger partial charge in [-0.3, -0.25) is 14.9 Å². The molecular formula is C16H16N2O6S2. The van der Waals surface area contributed by atoms with Crippen LogP contribution < -0.4 is 4.72 Å². The van der Waals surface area contributed by atoms with Crippen LogP contribution in [-0.4, -0.2) is 32.1 Å². The number of benzene rings is 2. The minimum atomic E-state index is -4.08. The number of nitro groups is 1. The third-order valence-corrected chi connectivity index (χ3v) is 5.49. The van der Waals surface area contributed by atoms with E-state index in [4.69, 9.17) is 4.74 Å². The Labute approximate surface area is 154 Å². The highest BCUT2D eigenvalue weighted by Crippen LogP contribution is 2.29. The fourth-order valence-corrected chi connectivity index (χ4v) is 3.54. The van der Waals surface area contributed by atoms with Gasteiger partial charge in [-0.25, -0.2) is 8.42 Å². The number of sulfonamides is 1. The Bertz CT molecular complexity index is 900. The van der Waals surface area contributed by atoms with Crippen LogP contribution in [-0.2, 0) is 26.2 Å². The van der Waals surface area contributed by atoms with Crippen LogP contribution in [0.1, 0.15) is 5.56 Å². The lowest BCUT2D eigenvalue weighted by atomic mass is 10.2. The molecule has 2 aromatic rings. The average molecular weight is 396 g/mol. The highest BCUT2D eigenvalue weighted by Gasteiger charge is 2.22. The molecule has 0 saturated carbocycles. The van der Waals surface area contributed by atoms with E-state index < -0.39 is 27.5 Å². The van der Waals surface area contributed by atoms with Crippen LogP contribution in [0.15, 0.2) is 58.3 Å². The van der Waals surface area contributed by atoms with Crippen LogP contribution >= 0.6 is 11.8 Å². The van der Waals surface area contributed by atoms with Crippen molar-refractivity contribution in [2.45, 2.75) is 16.4 Å². The molecule has 0 unspecified atom stereocenters. The van der Waals surface area contributed by atoms with E-state index in [1.165, 1.54) is 12.1 Å². The number of hydrogen-bond donors (Lipinski definition) is 1. The zero-order valence-electron chi connectivity index (χ0n) is 13.7. The van der Waals surface area contributed by atoms with Gasteiger partial charge in [0.05, 0.1) is 14.7 Å². The van der Waals surface area contributed by atoms with Crippen molar-refractivity contribution in [3.05, 3.63) is 64.2 Å². The third-order valence-electron chi connectivity index (χ3n) is 3.31. The number of nitro benzene ring substituents is 1. The van der Waals surface area contributed by atoms with Crippen molar-refractivity contribution in [1.29, 1.82) is 0 Å². The van der Waals surface area contributed by atoms with Crippen LogP contribution in [0.25, 0.3) is 0 Å². The zero-order valence-corrected chi connectivity index (χ0v) is 15.4. The maximum absolute atomic E-state index is 12.2. The van der Waals surface area contributed by atoms with Gasteiger partial charge in [-0.05, 0) is 24.0 Å². The molecule has 0 saturated heterocycles. The molecule has 10 heteroatoms. The molecule has 0 aliphatic heterocycles. The second kappa shape index (κ2) is 8.79. The molecule has 0 aliphatic carbocycles. The number of thioether (sulfide) groups is 1. The molecular weight excluding hydrogens is 380 g/mol. The fourth-order valence-electron chi connectivity index (χ4n) is 2.01. The van der Waals surface area contributed by atoms with Crippen molar-refractivity contribution in [3.63, 3.8) is 0 Å². The third kappa shape index (κ3) is 5.28. The lowest BCUT2D eigenvalue weighted by Crippen LogP contribution is -2.30. The second-order valence-electron chi connectivity index (χ2n) is 5.06. The normalized spacial score (nSPS) is 11.1. The van der Waals surface area contributed by atoms with Gasteiger partial charge in [0.1, 0.15) is 13.2 Å². The summed E-state index contributed by atoms with van der Waals surface area (Å²) in [6.45, 7) is -0.553. The van der Waals surface area contributed by atoms with E-state index in [1.807, 2.05) is 6.07 Å². The average Bonchev–Trinajstić information content (AvgIpc) is 2.65. The van der Waals surface area contributed by atoms with Gasteiger partial charge in [0, 0.05) is 6.07 Å². The molecule has 0 bridgehead atoms. The quantitative estimate of drug-likeness (QED) is 0.315. The Hall–Kier alpha value is -2.43. The first-order valence-corrected chi connectivity index (χ1v) is 10.1. The van der Waals surface area contributed by atoms with Gasteiger partial charge in [-0.1, -0.05) is 30.3 Å². The molecule has 0 spiro atoms. The van der Waals surface area contributed by atoms with Crippen LogP contribution in [0.3, 0.4) is 0 Å². The Morgan fingerprint density at radius 1 is 1.23 bits per heavy atom. The number of rotatable bonds is 8. The van der Waals surface area contributed by atoms with E-state index in [2.05, 4.69) is 4.72 Å². The van der Waals surface area contributed by atoms with Crippen LogP contribution in [0.5, 0.6) is 0 Å². The number of nitrogens with zero attached hydrogens (tertiary/aromatic N) is 1. The number of nitrogens with one attached hydrogen (secondary N) is 1. The van der Waals surface area contributed by atoms with Crippen molar-refractivity contribution in [2.24, 2.45) is 0 Å². The maximum atomic E-state index is 12.2. The first-order valence-electron chi connectivity index (χ1n) is 7.35. The summed E-state index contributed by atoms with van der Waals surface area (Å²) in [6.07, 6.45) is 1.65. The van der Waals surface area contributed by atoms with Crippen molar-refractivity contribution in [3.8, 4) is 0 Å². The predicted octanol–water partition coefficient (Wildman–Crippen LogP) is 2.34. The minimum absolute atomic E-state index is 0.0231. The molecule has 0 fully saturated rings. The Balaban J connectivity index is 2.01. The van der Waals surface area contributed by atoms with E-state index in [1.54, 1.807) is 30.5 Å². The first kappa shape index (κ1) is 19.9. The molecule has 26 heavy (non-hydrogen) atoms. The van der Waals surface area contributed by atoms with Crippen molar-refractivity contribution < 1.29 is 22.9 Å². The Morgan fingerprint density at radius 3 is 2.54 bits per heavy atom. The highest BCUT2D eigenvalue weighted by atomic mass is 32.2. The smallest absolute Gasteiger partial charge is 0.321 e. The molecule has 0 heterocycles. The molecule has 2 aromatic carbocycles. The summed E-state index contributed by atoms with van der Waals surface area (Å²) >= 11 is 1.13. The summed E-state index contributed by atoms with van der Waals surface area (Å²) in [5.74, 6) is -0.757. The van der Waals surface area contributed by atoms with Gasteiger partial charge in [0.25, 0.3) is 5.69 Å². The Kier molecular flexibility index (Phi) is 6.72. The van der Waals surface area contributed by atoms with Gasteiger partial charge >= 0.3 is 5.97 Å². The molecule has 8 nitrogen and oxygen atoms in total. The van der Waals surface area contributed by atoms with E-state index in [0.29, 0.717) is 4.90 Å². The van der Waals surface area contributed by atoms with Gasteiger partial charge in [0.2, 0.25) is 10.0 Å². The highest BCUT2D eigenvalue weighted by molar-refractivity contribution is 7.98. The summed E-state index contributed by atoms with van der Waals surface area (Å²) in [5, 5.41) is 11.0. The van der Waals surface area contributed by atoms with Crippen LogP contribution in [0, 0.1) is 10.1 Å². The standard InChI is InChI=1S/C16H16N2O6S2/c1-25-15-8-7-13(9-14(15)18(20)21)26(22,23)17-10-16(19)24-11-12-5-3-2-4-6-12/h2-9,17H,10-11H2,1H3. The Morgan fingerprint density at radius 2 is 1.92 bits per heavy atom. The van der Waals surface area contributed by atoms with Crippen molar-refractivity contribution in [2.75, 3.05) is 12.8 Å². The van der Waals surface area contributed by atoms with Crippen LogP contribution in [0.2, 0.25) is 0 Å². The summed E-state index contributed by atoms with van der Waals surface area (Å²) in [5.41, 5.74) is 0.457. The lowest BCUT2D eigenvalue weighted by Gasteiger charge is -2.08.